The Morgan fingerprint density at radius 2 is 2.00 bits per heavy atom. The van der Waals surface area contributed by atoms with Gasteiger partial charge in [-0.2, -0.15) is 0 Å². The fourth-order valence-electron chi connectivity index (χ4n) is 3.24. The van der Waals surface area contributed by atoms with Gasteiger partial charge in [-0.25, -0.2) is 9.97 Å². The molecule has 2 aliphatic heterocycles. The third-order valence-corrected chi connectivity index (χ3v) is 4.30. The number of carbonyl (C=O) groups is 1. The van der Waals surface area contributed by atoms with Crippen LogP contribution in [0.5, 0.6) is 0 Å². The number of nitrogens with one attached hydrogen (secondary N) is 1. The molecule has 1 saturated heterocycles. The van der Waals surface area contributed by atoms with Gasteiger partial charge in [-0.1, -0.05) is 18.6 Å². The smallest absolute Gasteiger partial charge is 0.182 e. The topological polar surface area (TPSA) is 58.1 Å². The number of Topliss-reactive ketones (excluding diaryl/α,β-unsaturated/α-hetero) is 1. The predicted octanol–water partition coefficient (Wildman–Crippen LogP) is 2.22. The first-order chi connectivity index (χ1) is 10.3. The van der Waals surface area contributed by atoms with Crippen LogP contribution in [0.4, 0.5) is 5.82 Å². The molecule has 0 aliphatic carbocycles. The average molecular weight is 282 g/mol. The van der Waals surface area contributed by atoms with Crippen LogP contribution in [0.25, 0.3) is 10.9 Å². The highest BCUT2D eigenvalue weighted by atomic mass is 16.1. The first kappa shape index (κ1) is 12.7. The highest BCUT2D eigenvalue weighted by Gasteiger charge is 2.21. The van der Waals surface area contributed by atoms with Gasteiger partial charge in [-0.15, -0.1) is 0 Å². The second-order valence-electron chi connectivity index (χ2n) is 5.80. The van der Waals surface area contributed by atoms with E-state index in [0.717, 1.165) is 47.7 Å². The largest absolute Gasteiger partial charge is 0.362 e. The molecule has 0 atom stereocenters. The van der Waals surface area contributed by atoms with E-state index in [1.807, 2.05) is 18.2 Å². The second kappa shape index (κ2) is 5.07. The first-order valence-electron chi connectivity index (χ1n) is 7.60. The molecule has 1 fully saturated rings. The zero-order valence-electron chi connectivity index (χ0n) is 11.9. The molecule has 1 N–H and O–H groups in total. The summed E-state index contributed by atoms with van der Waals surface area (Å²) < 4.78 is 0. The average Bonchev–Trinajstić information content (AvgIpc) is 2.52. The van der Waals surface area contributed by atoms with Crippen LogP contribution in [0.2, 0.25) is 0 Å². The summed E-state index contributed by atoms with van der Waals surface area (Å²) in [5.41, 5.74) is 1.61. The number of likely N-dealkylation sites (tertiary alicyclic amines) is 1. The van der Waals surface area contributed by atoms with E-state index in [2.05, 4.69) is 20.2 Å². The van der Waals surface area contributed by atoms with E-state index in [4.69, 9.17) is 0 Å². The van der Waals surface area contributed by atoms with Crippen molar-refractivity contribution in [2.45, 2.75) is 25.8 Å². The minimum atomic E-state index is 0.112. The molecule has 4 rings (SSSR count). The van der Waals surface area contributed by atoms with Gasteiger partial charge in [0.25, 0.3) is 0 Å². The van der Waals surface area contributed by atoms with Crippen molar-refractivity contribution in [3.05, 3.63) is 29.6 Å². The molecule has 21 heavy (non-hydrogen) atoms. The molecule has 2 aromatic rings. The quantitative estimate of drug-likeness (QED) is 0.915. The Morgan fingerprint density at radius 3 is 2.86 bits per heavy atom. The molecule has 2 aliphatic rings. The molecule has 0 saturated carbocycles. The monoisotopic (exact) mass is 282 g/mol. The van der Waals surface area contributed by atoms with Crippen LogP contribution in [0.15, 0.2) is 18.2 Å². The molecule has 0 spiro atoms. The van der Waals surface area contributed by atoms with Crippen molar-refractivity contribution in [1.29, 1.82) is 0 Å². The summed E-state index contributed by atoms with van der Waals surface area (Å²) in [6.45, 7) is 3.38. The lowest BCUT2D eigenvalue weighted by molar-refractivity contribution is 0.101. The molecular weight excluding hydrogens is 264 g/mol. The molecular formula is C16H18N4O. The molecule has 1 aromatic carbocycles. The number of benzene rings is 1. The van der Waals surface area contributed by atoms with E-state index < -0.39 is 0 Å². The van der Waals surface area contributed by atoms with E-state index in [1.54, 1.807) is 0 Å². The Morgan fingerprint density at radius 1 is 1.14 bits per heavy atom. The fraction of sp³-hybridized carbons (Fsp3) is 0.438. The number of aromatic nitrogens is 2. The summed E-state index contributed by atoms with van der Waals surface area (Å²) in [6.07, 6.45) is 3.85. The van der Waals surface area contributed by atoms with E-state index in [-0.39, 0.29) is 5.78 Å². The van der Waals surface area contributed by atoms with Crippen molar-refractivity contribution in [1.82, 2.24) is 14.9 Å². The summed E-state index contributed by atoms with van der Waals surface area (Å²) in [4.78, 5) is 23.7. The van der Waals surface area contributed by atoms with Crippen LogP contribution in [-0.2, 0) is 6.54 Å². The van der Waals surface area contributed by atoms with Crippen LogP contribution >= 0.6 is 0 Å². The van der Waals surface area contributed by atoms with E-state index in [0.29, 0.717) is 6.54 Å². The molecule has 108 valence electrons. The van der Waals surface area contributed by atoms with Crippen molar-refractivity contribution in [3.63, 3.8) is 0 Å². The SMILES string of the molecule is O=C1CNc2nc(CN3CCCCC3)nc3cccc1c23. The van der Waals surface area contributed by atoms with E-state index in [9.17, 15) is 4.79 Å². The van der Waals surface area contributed by atoms with Gasteiger partial charge in [0, 0.05) is 5.56 Å². The molecule has 0 unspecified atom stereocenters. The maximum Gasteiger partial charge on any atom is 0.182 e. The number of carbonyl (C=O) groups excluding carboxylic acids is 1. The Labute approximate surface area is 123 Å². The fourth-order valence-corrected chi connectivity index (χ4v) is 3.24. The molecule has 5 heteroatoms. The number of anilines is 1. The summed E-state index contributed by atoms with van der Waals surface area (Å²) in [6, 6.07) is 5.73. The van der Waals surface area contributed by atoms with Gasteiger partial charge in [0.2, 0.25) is 0 Å². The van der Waals surface area contributed by atoms with Gasteiger partial charge in [-0.3, -0.25) is 9.69 Å². The molecule has 0 amide bonds. The summed E-state index contributed by atoms with van der Waals surface area (Å²) in [7, 11) is 0. The standard InChI is InChI=1S/C16H18N4O/c21-13-9-17-16-15-11(13)5-4-6-12(15)18-14(19-16)10-20-7-2-1-3-8-20/h4-6H,1-3,7-10H2,(H,17,18,19). The van der Waals surface area contributed by atoms with Crippen molar-refractivity contribution < 1.29 is 4.79 Å². The third kappa shape index (κ3) is 2.27. The number of hydrogen-bond acceptors (Lipinski definition) is 5. The molecule has 3 heterocycles. The molecule has 1 aromatic heterocycles. The number of nitrogens with zero attached hydrogens (tertiary/aromatic N) is 3. The number of rotatable bonds is 2. The van der Waals surface area contributed by atoms with Crippen LogP contribution < -0.4 is 5.32 Å². The Hall–Kier alpha value is -2.01. The minimum absolute atomic E-state index is 0.112. The van der Waals surface area contributed by atoms with Gasteiger partial charge in [0.15, 0.2) is 5.78 Å². The van der Waals surface area contributed by atoms with Crippen LogP contribution in [-0.4, -0.2) is 40.3 Å². The van der Waals surface area contributed by atoms with Gasteiger partial charge >= 0.3 is 0 Å². The lowest BCUT2D eigenvalue weighted by Gasteiger charge is -2.26. The third-order valence-electron chi connectivity index (χ3n) is 4.30. The van der Waals surface area contributed by atoms with Crippen molar-refractivity contribution in [3.8, 4) is 0 Å². The van der Waals surface area contributed by atoms with Crippen LogP contribution in [0, 0.1) is 0 Å². The van der Waals surface area contributed by atoms with Crippen molar-refractivity contribution in [2.75, 3.05) is 25.0 Å². The highest BCUT2D eigenvalue weighted by Crippen LogP contribution is 2.28. The van der Waals surface area contributed by atoms with Crippen molar-refractivity contribution in [2.24, 2.45) is 0 Å². The van der Waals surface area contributed by atoms with Gasteiger partial charge in [0.1, 0.15) is 11.6 Å². The van der Waals surface area contributed by atoms with Gasteiger partial charge in [0.05, 0.1) is 24.0 Å². The summed E-state index contributed by atoms with van der Waals surface area (Å²) >= 11 is 0. The maximum absolute atomic E-state index is 11.9. The Bertz CT molecular complexity index is 707. The summed E-state index contributed by atoms with van der Waals surface area (Å²) in [5, 5.41) is 4.01. The van der Waals surface area contributed by atoms with Crippen molar-refractivity contribution >= 4 is 22.5 Å². The maximum atomic E-state index is 11.9. The normalized spacial score (nSPS) is 18.8. The van der Waals surface area contributed by atoms with E-state index in [1.165, 1.54) is 19.3 Å². The highest BCUT2D eigenvalue weighted by molar-refractivity contribution is 6.15. The number of hydrogen-bond donors (Lipinski definition) is 1. The number of piperidine rings is 1. The number of ketones is 1. The lowest BCUT2D eigenvalue weighted by Crippen LogP contribution is -2.30. The predicted molar refractivity (Wildman–Crippen MR) is 81.5 cm³/mol. The second-order valence-corrected chi connectivity index (χ2v) is 5.80. The Balaban J connectivity index is 1.74. The van der Waals surface area contributed by atoms with Crippen LogP contribution in [0.3, 0.4) is 0 Å². The lowest BCUT2D eigenvalue weighted by atomic mass is 10.0. The Kier molecular flexibility index (Phi) is 3.07. The molecule has 0 radical (unpaired) electrons. The zero-order chi connectivity index (χ0) is 14.2. The van der Waals surface area contributed by atoms with E-state index >= 15 is 0 Å². The zero-order valence-corrected chi connectivity index (χ0v) is 11.9. The van der Waals surface area contributed by atoms with Gasteiger partial charge < -0.3 is 5.32 Å². The minimum Gasteiger partial charge on any atom is -0.362 e. The molecule has 0 bridgehead atoms. The summed E-state index contributed by atoms with van der Waals surface area (Å²) in [5.74, 6) is 1.76. The molecule has 5 nitrogen and oxygen atoms in total. The first-order valence-corrected chi connectivity index (χ1v) is 7.60. The van der Waals surface area contributed by atoms with Crippen LogP contribution in [0.1, 0.15) is 35.4 Å². The van der Waals surface area contributed by atoms with Gasteiger partial charge in [-0.05, 0) is 32.0 Å².